The van der Waals surface area contributed by atoms with Gasteiger partial charge in [-0.2, -0.15) is 0 Å². The van der Waals surface area contributed by atoms with Crippen molar-refractivity contribution in [2.24, 2.45) is 0 Å². The molecular weight excluding hydrogens is 316 g/mol. The molecule has 4 heteroatoms. The Morgan fingerprint density at radius 1 is 1.08 bits per heavy atom. The molecule has 0 bridgehead atoms. The molecule has 0 spiro atoms. The second kappa shape index (κ2) is 6.89. The third-order valence-corrected chi connectivity index (χ3v) is 4.69. The lowest BCUT2D eigenvalue weighted by Gasteiger charge is -2.21. The summed E-state index contributed by atoms with van der Waals surface area (Å²) in [5.74, 6) is 0.439. The van der Waals surface area contributed by atoms with Crippen molar-refractivity contribution in [1.29, 1.82) is 0 Å². The predicted molar refractivity (Wildman–Crippen MR) is 96.9 cm³/mol. The van der Waals surface area contributed by atoms with Crippen LogP contribution < -0.4 is 4.74 Å². The van der Waals surface area contributed by atoms with E-state index < -0.39 is 0 Å². The maximum absolute atomic E-state index is 12.9. The summed E-state index contributed by atoms with van der Waals surface area (Å²) >= 11 is 0. The molecule has 3 rings (SSSR count). The van der Waals surface area contributed by atoms with Crippen molar-refractivity contribution in [3.8, 4) is 16.9 Å². The summed E-state index contributed by atoms with van der Waals surface area (Å²) in [4.78, 5) is 12.9. The van der Waals surface area contributed by atoms with Crippen LogP contribution in [0.15, 0.2) is 24.3 Å². The smallest absolute Gasteiger partial charge is 0.339 e. The molecule has 0 radical (unpaired) electrons. The summed E-state index contributed by atoms with van der Waals surface area (Å²) < 4.78 is 16.7. The van der Waals surface area contributed by atoms with Gasteiger partial charge in [0, 0.05) is 11.1 Å². The number of carbonyl (C=O) groups is 1. The molecule has 2 aromatic carbocycles. The lowest BCUT2D eigenvalue weighted by Crippen LogP contribution is -2.16. The van der Waals surface area contributed by atoms with Gasteiger partial charge in [-0.15, -0.1) is 0 Å². The summed E-state index contributed by atoms with van der Waals surface area (Å²) in [6.45, 7) is 8.85. The molecule has 0 fully saturated rings. The standard InChI is InChI=1S/C21H24O4/c1-12(2)25-21(22)20-14(4)17-11-24-10-16(17)13(3)19(20)15-8-6-7-9-18(15)23-5/h6-9,12H,10-11H2,1-5H3. The second-order valence-electron chi connectivity index (χ2n) is 6.60. The van der Waals surface area contributed by atoms with Crippen molar-refractivity contribution in [3.05, 3.63) is 52.1 Å². The normalized spacial score (nSPS) is 13.0. The Kier molecular flexibility index (Phi) is 4.82. The molecule has 0 atom stereocenters. The predicted octanol–water partition coefficient (Wildman–Crippen LogP) is 4.57. The Bertz CT molecular complexity index is 821. The first-order chi connectivity index (χ1) is 12.0. The van der Waals surface area contributed by atoms with Gasteiger partial charge in [-0.05, 0) is 56.0 Å². The van der Waals surface area contributed by atoms with Crippen LogP contribution in [0.2, 0.25) is 0 Å². The number of fused-ring (bicyclic) bond motifs is 1. The van der Waals surface area contributed by atoms with Crippen molar-refractivity contribution in [2.75, 3.05) is 7.11 Å². The van der Waals surface area contributed by atoms with Gasteiger partial charge in [0.25, 0.3) is 0 Å². The van der Waals surface area contributed by atoms with Gasteiger partial charge in [0.1, 0.15) is 5.75 Å². The first-order valence-electron chi connectivity index (χ1n) is 8.52. The van der Waals surface area contributed by atoms with E-state index in [2.05, 4.69) is 0 Å². The number of benzene rings is 2. The zero-order valence-electron chi connectivity index (χ0n) is 15.4. The number of hydrogen-bond donors (Lipinski definition) is 0. The molecule has 1 aliphatic heterocycles. The van der Waals surface area contributed by atoms with E-state index in [0.29, 0.717) is 18.8 Å². The average molecular weight is 340 g/mol. The molecule has 0 N–H and O–H groups in total. The third kappa shape index (κ3) is 3.02. The second-order valence-corrected chi connectivity index (χ2v) is 6.60. The van der Waals surface area contributed by atoms with Gasteiger partial charge in [0.15, 0.2) is 0 Å². The van der Waals surface area contributed by atoms with Crippen molar-refractivity contribution in [1.82, 2.24) is 0 Å². The van der Waals surface area contributed by atoms with Gasteiger partial charge in [-0.3, -0.25) is 0 Å². The van der Waals surface area contributed by atoms with E-state index in [0.717, 1.165) is 33.6 Å². The highest BCUT2D eigenvalue weighted by molar-refractivity contribution is 6.01. The highest BCUT2D eigenvalue weighted by Crippen LogP contribution is 2.41. The van der Waals surface area contributed by atoms with E-state index in [1.807, 2.05) is 52.0 Å². The quantitative estimate of drug-likeness (QED) is 0.765. The molecule has 0 saturated heterocycles. The Hall–Kier alpha value is -2.33. The van der Waals surface area contributed by atoms with Crippen LogP contribution in [0.3, 0.4) is 0 Å². The SMILES string of the molecule is COc1ccccc1-c1c(C)c2c(c(C)c1C(=O)OC(C)C)COC2. The van der Waals surface area contributed by atoms with Crippen molar-refractivity contribution >= 4 is 5.97 Å². The van der Waals surface area contributed by atoms with Crippen LogP contribution in [0.1, 0.15) is 46.5 Å². The van der Waals surface area contributed by atoms with E-state index in [1.54, 1.807) is 7.11 Å². The molecule has 0 unspecified atom stereocenters. The highest BCUT2D eigenvalue weighted by atomic mass is 16.5. The highest BCUT2D eigenvalue weighted by Gasteiger charge is 2.29. The van der Waals surface area contributed by atoms with E-state index in [-0.39, 0.29) is 12.1 Å². The first kappa shape index (κ1) is 17.5. The minimum atomic E-state index is -0.300. The molecular formula is C21H24O4. The lowest BCUT2D eigenvalue weighted by atomic mass is 9.85. The average Bonchev–Trinajstić information content (AvgIpc) is 3.07. The Balaban J connectivity index is 2.33. The monoisotopic (exact) mass is 340 g/mol. The minimum absolute atomic E-state index is 0.178. The maximum atomic E-state index is 12.9. The van der Waals surface area contributed by atoms with Crippen LogP contribution in [0.5, 0.6) is 5.75 Å². The van der Waals surface area contributed by atoms with Gasteiger partial charge >= 0.3 is 5.97 Å². The number of para-hydroxylation sites is 1. The van der Waals surface area contributed by atoms with Crippen LogP contribution >= 0.6 is 0 Å². The summed E-state index contributed by atoms with van der Waals surface area (Å²) in [5.41, 5.74) is 6.65. The number of ether oxygens (including phenoxy) is 3. The van der Waals surface area contributed by atoms with Gasteiger partial charge in [-0.1, -0.05) is 18.2 Å². The number of methoxy groups -OCH3 is 1. The minimum Gasteiger partial charge on any atom is -0.496 e. The van der Waals surface area contributed by atoms with Gasteiger partial charge in [0.05, 0.1) is 32.0 Å². The molecule has 1 heterocycles. The van der Waals surface area contributed by atoms with E-state index in [9.17, 15) is 4.79 Å². The summed E-state index contributed by atoms with van der Waals surface area (Å²) in [5, 5.41) is 0. The van der Waals surface area contributed by atoms with Crippen molar-refractivity contribution in [2.45, 2.75) is 47.0 Å². The molecule has 0 aromatic heterocycles. The first-order valence-corrected chi connectivity index (χ1v) is 8.52. The molecule has 4 nitrogen and oxygen atoms in total. The van der Waals surface area contributed by atoms with Gasteiger partial charge in [0.2, 0.25) is 0 Å². The van der Waals surface area contributed by atoms with Crippen LogP contribution in [-0.4, -0.2) is 19.2 Å². The fraction of sp³-hybridized carbons (Fsp3) is 0.381. The van der Waals surface area contributed by atoms with E-state index in [1.165, 1.54) is 5.56 Å². The fourth-order valence-corrected chi connectivity index (χ4v) is 3.49. The zero-order valence-corrected chi connectivity index (χ0v) is 15.4. The molecule has 2 aromatic rings. The lowest BCUT2D eigenvalue weighted by molar-refractivity contribution is 0.0377. The summed E-state index contributed by atoms with van der Waals surface area (Å²) in [6.07, 6.45) is -0.178. The Labute approximate surface area is 148 Å². The van der Waals surface area contributed by atoms with Crippen molar-refractivity contribution < 1.29 is 19.0 Å². The number of carbonyl (C=O) groups excluding carboxylic acids is 1. The van der Waals surface area contributed by atoms with Gasteiger partial charge < -0.3 is 14.2 Å². The fourth-order valence-electron chi connectivity index (χ4n) is 3.49. The number of hydrogen-bond acceptors (Lipinski definition) is 4. The van der Waals surface area contributed by atoms with Crippen LogP contribution in [0.25, 0.3) is 11.1 Å². The van der Waals surface area contributed by atoms with E-state index in [4.69, 9.17) is 14.2 Å². The third-order valence-electron chi connectivity index (χ3n) is 4.69. The topological polar surface area (TPSA) is 44.8 Å². The molecule has 25 heavy (non-hydrogen) atoms. The molecule has 132 valence electrons. The maximum Gasteiger partial charge on any atom is 0.339 e. The summed E-state index contributed by atoms with van der Waals surface area (Å²) in [7, 11) is 1.64. The molecule has 0 amide bonds. The number of rotatable bonds is 4. The molecule has 1 aliphatic rings. The van der Waals surface area contributed by atoms with E-state index >= 15 is 0 Å². The number of esters is 1. The van der Waals surface area contributed by atoms with Crippen LogP contribution in [-0.2, 0) is 22.7 Å². The Morgan fingerprint density at radius 3 is 2.36 bits per heavy atom. The molecule has 0 saturated carbocycles. The van der Waals surface area contributed by atoms with Crippen LogP contribution in [0, 0.1) is 13.8 Å². The summed E-state index contributed by atoms with van der Waals surface area (Å²) in [6, 6.07) is 7.77. The van der Waals surface area contributed by atoms with Gasteiger partial charge in [-0.25, -0.2) is 4.79 Å². The molecule has 0 aliphatic carbocycles. The zero-order chi connectivity index (χ0) is 18.1. The largest absolute Gasteiger partial charge is 0.496 e. The Morgan fingerprint density at radius 2 is 1.72 bits per heavy atom. The van der Waals surface area contributed by atoms with Crippen molar-refractivity contribution in [3.63, 3.8) is 0 Å². The van der Waals surface area contributed by atoms with Crippen LogP contribution in [0.4, 0.5) is 0 Å².